The molecule has 0 atom stereocenters. The van der Waals surface area contributed by atoms with Gasteiger partial charge in [0.2, 0.25) is 0 Å². The molecule has 1 aromatic rings. The summed E-state index contributed by atoms with van der Waals surface area (Å²) in [5.41, 5.74) is 5.33. The van der Waals surface area contributed by atoms with Crippen molar-refractivity contribution < 1.29 is 4.79 Å². The number of H-pyrrole nitrogens is 1. The van der Waals surface area contributed by atoms with Crippen molar-refractivity contribution in [1.29, 1.82) is 0 Å². The van der Waals surface area contributed by atoms with Gasteiger partial charge in [0.05, 0.1) is 10.5 Å². The van der Waals surface area contributed by atoms with Crippen molar-refractivity contribution in [3.8, 4) is 0 Å². The summed E-state index contributed by atoms with van der Waals surface area (Å²) in [6.07, 6.45) is 0. The molecule has 1 aromatic heterocycles. The van der Waals surface area contributed by atoms with Gasteiger partial charge in [-0.15, -0.1) is 0 Å². The van der Waals surface area contributed by atoms with Gasteiger partial charge in [0, 0.05) is 32.2 Å². The van der Waals surface area contributed by atoms with Crippen LogP contribution in [-0.4, -0.2) is 62.6 Å². The predicted molar refractivity (Wildman–Crippen MR) is 83.2 cm³/mol. The van der Waals surface area contributed by atoms with E-state index in [1.54, 1.807) is 4.90 Å². The van der Waals surface area contributed by atoms with E-state index >= 15 is 0 Å². The number of nitrogens with two attached hydrogens (primary N) is 1. The molecule has 2 rings (SSSR count). The fraction of sp³-hybridized carbons (Fsp3) is 0.538. The molecule has 1 aliphatic rings. The zero-order valence-electron chi connectivity index (χ0n) is 12.1. The highest BCUT2D eigenvalue weighted by molar-refractivity contribution is 7.80. The van der Waals surface area contributed by atoms with Gasteiger partial charge in [-0.3, -0.25) is 14.5 Å². The number of aromatic amines is 1. The first-order valence-corrected chi connectivity index (χ1v) is 7.13. The van der Waals surface area contributed by atoms with Crippen LogP contribution in [0, 0.1) is 0 Å². The summed E-state index contributed by atoms with van der Waals surface area (Å²) in [6, 6.07) is 2.74. The molecule has 0 unspecified atom stereocenters. The molecule has 0 aromatic carbocycles. The molecule has 1 aliphatic heterocycles. The van der Waals surface area contributed by atoms with Gasteiger partial charge < -0.3 is 10.6 Å². The highest BCUT2D eigenvalue weighted by Crippen LogP contribution is 2.18. The number of thiocarbonyl (C=S) groups is 1. The molecule has 1 saturated heterocycles. The summed E-state index contributed by atoms with van der Waals surface area (Å²) in [7, 11) is 0. The first-order chi connectivity index (χ1) is 9.82. The van der Waals surface area contributed by atoms with Crippen LogP contribution in [0.4, 0.5) is 0 Å². The third-order valence-corrected chi connectivity index (χ3v) is 4.36. The smallest absolute Gasteiger partial charge is 0.274 e. The van der Waals surface area contributed by atoms with Crippen molar-refractivity contribution in [3.63, 3.8) is 0 Å². The van der Waals surface area contributed by atoms with E-state index in [4.69, 9.17) is 18.0 Å². The second-order valence-corrected chi connectivity index (χ2v) is 5.95. The van der Waals surface area contributed by atoms with E-state index in [1.165, 1.54) is 12.1 Å². The lowest BCUT2D eigenvalue weighted by Crippen LogP contribution is -2.59. The van der Waals surface area contributed by atoms with Gasteiger partial charge in [-0.05, 0) is 19.9 Å². The average molecular weight is 309 g/mol. The summed E-state index contributed by atoms with van der Waals surface area (Å²) in [6.45, 7) is 6.50. The van der Waals surface area contributed by atoms with Crippen molar-refractivity contribution in [2.45, 2.75) is 19.4 Å². The van der Waals surface area contributed by atoms with Crippen LogP contribution >= 0.6 is 12.2 Å². The second-order valence-electron chi connectivity index (χ2n) is 5.51. The first kappa shape index (κ1) is 15.6. The Labute approximate surface area is 128 Å². The molecule has 21 heavy (non-hydrogen) atoms. The molecule has 2 heterocycles. The van der Waals surface area contributed by atoms with Gasteiger partial charge in [-0.1, -0.05) is 12.2 Å². The van der Waals surface area contributed by atoms with Gasteiger partial charge >= 0.3 is 0 Å². The minimum atomic E-state index is -0.360. The molecule has 0 aliphatic carbocycles. The van der Waals surface area contributed by atoms with Crippen molar-refractivity contribution in [1.82, 2.24) is 20.0 Å². The number of nitrogens with one attached hydrogen (secondary N) is 1. The maximum atomic E-state index is 12.3. The average Bonchev–Trinajstić information content (AvgIpc) is 2.47. The lowest BCUT2D eigenvalue weighted by molar-refractivity contribution is 0.0533. The molecule has 0 radical (unpaired) electrons. The van der Waals surface area contributed by atoms with E-state index in [1.807, 2.05) is 13.8 Å². The number of carbonyl (C=O) groups excluding carboxylic acids is 1. The fourth-order valence-corrected chi connectivity index (χ4v) is 2.38. The van der Waals surface area contributed by atoms with Crippen LogP contribution in [-0.2, 0) is 0 Å². The van der Waals surface area contributed by atoms with Crippen LogP contribution in [0.5, 0.6) is 0 Å². The summed E-state index contributed by atoms with van der Waals surface area (Å²) in [5.74, 6) is -0.181. The van der Waals surface area contributed by atoms with Gasteiger partial charge in [0.1, 0.15) is 5.69 Å². The number of carbonyl (C=O) groups is 1. The van der Waals surface area contributed by atoms with Crippen LogP contribution in [0.2, 0.25) is 0 Å². The Kier molecular flexibility index (Phi) is 4.38. The second kappa shape index (κ2) is 5.90. The van der Waals surface area contributed by atoms with Crippen molar-refractivity contribution in [3.05, 3.63) is 28.2 Å². The molecule has 1 fully saturated rings. The Balaban J connectivity index is 2.01. The molecular formula is C13H19N5O2S. The molecule has 0 saturated carbocycles. The van der Waals surface area contributed by atoms with Crippen molar-refractivity contribution >= 4 is 23.1 Å². The third-order valence-electron chi connectivity index (χ3n) is 3.86. The SMILES string of the molecule is CC(C)(C(N)=S)N1CCN(C(=O)c2ccc(=O)[nH]n2)CC1. The van der Waals surface area contributed by atoms with Gasteiger partial charge in [0.25, 0.3) is 11.5 Å². The highest BCUT2D eigenvalue weighted by Gasteiger charge is 2.33. The van der Waals surface area contributed by atoms with Crippen LogP contribution in [0.3, 0.4) is 0 Å². The Morgan fingerprint density at radius 2 is 1.95 bits per heavy atom. The number of rotatable bonds is 3. The molecule has 114 valence electrons. The summed E-state index contributed by atoms with van der Waals surface area (Å²) >= 11 is 5.09. The fourth-order valence-electron chi connectivity index (χ4n) is 2.25. The molecule has 8 heteroatoms. The van der Waals surface area contributed by atoms with E-state index in [2.05, 4.69) is 15.1 Å². The van der Waals surface area contributed by atoms with Gasteiger partial charge in [0.15, 0.2) is 0 Å². The van der Waals surface area contributed by atoms with Crippen molar-refractivity contribution in [2.75, 3.05) is 26.2 Å². The number of aromatic nitrogens is 2. The van der Waals surface area contributed by atoms with Crippen LogP contribution < -0.4 is 11.3 Å². The number of amides is 1. The minimum absolute atomic E-state index is 0.181. The standard InChI is InChI=1S/C13H19N5O2S/c1-13(2,12(14)21)18-7-5-17(6-8-18)11(20)9-3-4-10(19)16-15-9/h3-4H,5-8H2,1-2H3,(H2,14,21)(H,16,19). The lowest BCUT2D eigenvalue weighted by atomic mass is 10.0. The van der Waals surface area contributed by atoms with Crippen LogP contribution in [0.1, 0.15) is 24.3 Å². The Hall–Kier alpha value is -1.80. The molecule has 1 amide bonds. The number of piperazine rings is 1. The van der Waals surface area contributed by atoms with E-state index in [0.717, 1.165) is 0 Å². The Morgan fingerprint density at radius 1 is 1.33 bits per heavy atom. The number of hydrogen-bond acceptors (Lipinski definition) is 5. The minimum Gasteiger partial charge on any atom is -0.392 e. The lowest BCUT2D eigenvalue weighted by Gasteiger charge is -2.43. The largest absolute Gasteiger partial charge is 0.392 e. The quantitative estimate of drug-likeness (QED) is 0.737. The van der Waals surface area contributed by atoms with E-state index in [9.17, 15) is 9.59 Å². The predicted octanol–water partition coefficient (Wildman–Crippen LogP) is -0.408. The van der Waals surface area contributed by atoms with Gasteiger partial charge in [-0.2, -0.15) is 5.10 Å². The Bertz CT molecular complexity index is 584. The number of hydrogen-bond donors (Lipinski definition) is 2. The normalized spacial score (nSPS) is 16.8. The zero-order valence-corrected chi connectivity index (χ0v) is 12.9. The van der Waals surface area contributed by atoms with E-state index < -0.39 is 0 Å². The van der Waals surface area contributed by atoms with Crippen LogP contribution in [0.25, 0.3) is 0 Å². The third kappa shape index (κ3) is 3.27. The van der Waals surface area contributed by atoms with E-state index in [-0.39, 0.29) is 22.7 Å². The summed E-state index contributed by atoms with van der Waals surface area (Å²) in [4.78, 5) is 27.6. The summed E-state index contributed by atoms with van der Waals surface area (Å²) in [5, 5.41) is 6.04. The van der Waals surface area contributed by atoms with Crippen LogP contribution in [0.15, 0.2) is 16.9 Å². The maximum Gasteiger partial charge on any atom is 0.274 e. The molecule has 3 N–H and O–H groups in total. The molecule has 0 spiro atoms. The monoisotopic (exact) mass is 309 g/mol. The summed E-state index contributed by atoms with van der Waals surface area (Å²) < 4.78 is 0. The highest BCUT2D eigenvalue weighted by atomic mass is 32.1. The maximum absolute atomic E-state index is 12.3. The van der Waals surface area contributed by atoms with Crippen molar-refractivity contribution in [2.24, 2.45) is 5.73 Å². The molecular weight excluding hydrogens is 290 g/mol. The number of nitrogens with zero attached hydrogens (tertiary/aromatic N) is 3. The molecule has 7 nitrogen and oxygen atoms in total. The van der Waals surface area contributed by atoms with Gasteiger partial charge in [-0.25, -0.2) is 5.10 Å². The molecule has 0 bridgehead atoms. The topological polar surface area (TPSA) is 95.3 Å². The Morgan fingerprint density at radius 3 is 2.43 bits per heavy atom. The first-order valence-electron chi connectivity index (χ1n) is 6.72. The zero-order chi connectivity index (χ0) is 15.6. The van der Waals surface area contributed by atoms with E-state index in [0.29, 0.717) is 31.2 Å².